The van der Waals surface area contributed by atoms with Crippen molar-refractivity contribution in [2.24, 2.45) is 5.41 Å². The third kappa shape index (κ3) is 6.16. The third-order valence-corrected chi connectivity index (χ3v) is 3.48. The van der Waals surface area contributed by atoms with E-state index in [0.717, 1.165) is 5.75 Å². The Labute approximate surface area is 143 Å². The zero-order chi connectivity index (χ0) is 18.2. The fourth-order valence-electron chi connectivity index (χ4n) is 2.26. The fourth-order valence-corrected chi connectivity index (χ4v) is 2.26. The van der Waals surface area contributed by atoms with Gasteiger partial charge in [0.1, 0.15) is 18.0 Å². The molecule has 1 rings (SSSR count). The first kappa shape index (κ1) is 19.9. The Bertz CT molecular complexity index is 571. The summed E-state index contributed by atoms with van der Waals surface area (Å²) in [6.07, 6.45) is 3.01. The number of carbonyl (C=O) groups excluding carboxylic acids is 2. The third-order valence-electron chi connectivity index (χ3n) is 3.48. The highest BCUT2D eigenvalue weighted by molar-refractivity contribution is 5.94. The molecule has 0 amide bonds. The molecular weight excluding hydrogens is 308 g/mol. The number of carbonyl (C=O) groups is 2. The van der Waals surface area contributed by atoms with E-state index in [2.05, 4.69) is 4.74 Å². The molecule has 0 saturated carbocycles. The zero-order valence-corrected chi connectivity index (χ0v) is 14.7. The molecule has 1 aromatic rings. The molecule has 0 saturated heterocycles. The number of aliphatic hydroxyl groups is 1. The van der Waals surface area contributed by atoms with Crippen LogP contribution in [0.15, 0.2) is 42.5 Å². The van der Waals surface area contributed by atoms with Gasteiger partial charge in [0.2, 0.25) is 0 Å². The number of methoxy groups -OCH3 is 1. The second-order valence-corrected chi connectivity index (χ2v) is 6.66. The lowest BCUT2D eigenvalue weighted by molar-refractivity contribution is -0.157. The van der Waals surface area contributed by atoms with E-state index < -0.39 is 22.8 Å². The van der Waals surface area contributed by atoms with Crippen LogP contribution in [0.5, 0.6) is 5.75 Å². The Morgan fingerprint density at radius 2 is 1.75 bits per heavy atom. The lowest BCUT2D eigenvalue weighted by Crippen LogP contribution is -2.46. The lowest BCUT2D eigenvalue weighted by atomic mass is 9.77. The van der Waals surface area contributed by atoms with Crippen molar-refractivity contribution in [1.29, 1.82) is 0 Å². The van der Waals surface area contributed by atoms with Crippen molar-refractivity contribution < 1.29 is 24.2 Å². The van der Waals surface area contributed by atoms with Crippen LogP contribution in [0.4, 0.5) is 0 Å². The van der Waals surface area contributed by atoms with E-state index >= 15 is 0 Å². The molecule has 1 aromatic carbocycles. The molecule has 5 nitrogen and oxygen atoms in total. The standard InChI is InChI=1S/C19H26O5/c1-18(2,3)17(21)19(22,14-16(20)23-4)12-8-9-13-24-15-10-6-5-7-11-15/h5-11,22H,12-14H2,1-4H3/b9-8+/t19-/m1/s1. The van der Waals surface area contributed by atoms with Gasteiger partial charge >= 0.3 is 5.97 Å². The number of Topliss-reactive ketones (excluding diaryl/α,β-unsaturated/α-hetero) is 1. The van der Waals surface area contributed by atoms with E-state index in [1.165, 1.54) is 7.11 Å². The fraction of sp³-hybridized carbons (Fsp3) is 0.474. The van der Waals surface area contributed by atoms with E-state index in [4.69, 9.17) is 4.74 Å². The Kier molecular flexibility index (Phi) is 7.17. The van der Waals surface area contributed by atoms with Crippen LogP contribution in [-0.4, -0.2) is 36.2 Å². The SMILES string of the molecule is COC(=O)C[C@](O)(C/C=C/COc1ccccc1)C(=O)C(C)(C)C. The highest BCUT2D eigenvalue weighted by Crippen LogP contribution is 2.29. The topological polar surface area (TPSA) is 72.8 Å². The van der Waals surface area contributed by atoms with E-state index in [1.807, 2.05) is 30.3 Å². The van der Waals surface area contributed by atoms with Crippen LogP contribution < -0.4 is 4.74 Å². The summed E-state index contributed by atoms with van der Waals surface area (Å²) in [6, 6.07) is 9.31. The number of hydrogen-bond acceptors (Lipinski definition) is 5. The molecule has 0 unspecified atom stereocenters. The van der Waals surface area contributed by atoms with E-state index in [-0.39, 0.29) is 12.8 Å². The average molecular weight is 334 g/mol. The minimum absolute atomic E-state index is 0.0242. The summed E-state index contributed by atoms with van der Waals surface area (Å²) in [7, 11) is 1.23. The Hall–Kier alpha value is -2.14. The number of rotatable bonds is 8. The molecule has 0 heterocycles. The first-order chi connectivity index (χ1) is 11.2. The van der Waals surface area contributed by atoms with Crippen molar-refractivity contribution in [3.63, 3.8) is 0 Å². The van der Waals surface area contributed by atoms with Crippen LogP contribution in [0.25, 0.3) is 0 Å². The molecule has 1 N–H and O–H groups in total. The number of benzene rings is 1. The molecule has 0 spiro atoms. The second kappa shape index (κ2) is 8.64. The largest absolute Gasteiger partial charge is 0.490 e. The predicted octanol–water partition coefficient (Wildman–Crippen LogP) is 2.92. The van der Waals surface area contributed by atoms with Gasteiger partial charge in [-0.2, -0.15) is 0 Å². The summed E-state index contributed by atoms with van der Waals surface area (Å²) in [5.74, 6) is -0.282. The van der Waals surface area contributed by atoms with Crippen LogP contribution in [-0.2, 0) is 14.3 Å². The molecular formula is C19H26O5. The number of hydrogen-bond donors (Lipinski definition) is 1. The van der Waals surface area contributed by atoms with Crippen molar-refractivity contribution >= 4 is 11.8 Å². The van der Waals surface area contributed by atoms with Gasteiger partial charge in [-0.3, -0.25) is 9.59 Å². The van der Waals surface area contributed by atoms with Crippen molar-refractivity contribution in [1.82, 2.24) is 0 Å². The summed E-state index contributed by atoms with van der Waals surface area (Å²) in [4.78, 5) is 24.0. The minimum atomic E-state index is -1.78. The van der Waals surface area contributed by atoms with Crippen LogP contribution in [0.3, 0.4) is 0 Å². The summed E-state index contributed by atoms with van der Waals surface area (Å²) in [6.45, 7) is 5.43. The van der Waals surface area contributed by atoms with Crippen LogP contribution in [0, 0.1) is 5.41 Å². The van der Waals surface area contributed by atoms with Gasteiger partial charge in [0, 0.05) is 11.8 Å². The van der Waals surface area contributed by atoms with Gasteiger partial charge in [-0.25, -0.2) is 0 Å². The molecule has 0 aliphatic carbocycles. The summed E-state index contributed by atoms with van der Waals surface area (Å²) < 4.78 is 10.1. The molecule has 0 bridgehead atoms. The van der Waals surface area contributed by atoms with Crippen molar-refractivity contribution in [2.75, 3.05) is 13.7 Å². The predicted molar refractivity (Wildman–Crippen MR) is 91.7 cm³/mol. The van der Waals surface area contributed by atoms with Gasteiger partial charge in [0.05, 0.1) is 13.5 Å². The van der Waals surface area contributed by atoms with Gasteiger partial charge in [-0.05, 0) is 12.1 Å². The van der Waals surface area contributed by atoms with E-state index in [0.29, 0.717) is 6.61 Å². The van der Waals surface area contributed by atoms with Gasteiger partial charge in [-0.1, -0.05) is 51.1 Å². The Morgan fingerprint density at radius 3 is 2.29 bits per heavy atom. The Morgan fingerprint density at radius 1 is 1.12 bits per heavy atom. The molecule has 0 aromatic heterocycles. The van der Waals surface area contributed by atoms with Crippen LogP contribution in [0.1, 0.15) is 33.6 Å². The average Bonchev–Trinajstić information content (AvgIpc) is 2.53. The molecule has 24 heavy (non-hydrogen) atoms. The van der Waals surface area contributed by atoms with Crippen molar-refractivity contribution in [2.45, 2.75) is 39.2 Å². The van der Waals surface area contributed by atoms with Gasteiger partial charge in [0.15, 0.2) is 5.78 Å². The summed E-state index contributed by atoms with van der Waals surface area (Å²) in [5, 5.41) is 10.7. The Balaban J connectivity index is 2.69. The highest BCUT2D eigenvalue weighted by atomic mass is 16.5. The maximum absolute atomic E-state index is 12.5. The summed E-state index contributed by atoms with van der Waals surface area (Å²) >= 11 is 0. The van der Waals surface area contributed by atoms with Crippen molar-refractivity contribution in [3.05, 3.63) is 42.5 Å². The van der Waals surface area contributed by atoms with Crippen LogP contribution >= 0.6 is 0 Å². The molecule has 0 radical (unpaired) electrons. The quantitative estimate of drug-likeness (QED) is 0.584. The monoisotopic (exact) mass is 334 g/mol. The smallest absolute Gasteiger partial charge is 0.308 e. The van der Waals surface area contributed by atoms with Gasteiger partial charge < -0.3 is 14.6 Å². The zero-order valence-electron chi connectivity index (χ0n) is 14.7. The molecule has 0 fully saturated rings. The molecule has 0 aliphatic rings. The maximum atomic E-state index is 12.5. The number of para-hydroxylation sites is 1. The minimum Gasteiger partial charge on any atom is -0.490 e. The second-order valence-electron chi connectivity index (χ2n) is 6.66. The molecule has 1 atom stereocenters. The first-order valence-corrected chi connectivity index (χ1v) is 7.86. The maximum Gasteiger partial charge on any atom is 0.308 e. The highest BCUT2D eigenvalue weighted by Gasteiger charge is 2.43. The number of ketones is 1. The van der Waals surface area contributed by atoms with E-state index in [1.54, 1.807) is 32.9 Å². The molecule has 5 heteroatoms. The summed E-state index contributed by atoms with van der Waals surface area (Å²) in [5.41, 5.74) is -2.55. The molecule has 0 aliphatic heterocycles. The van der Waals surface area contributed by atoms with Crippen molar-refractivity contribution in [3.8, 4) is 5.75 Å². The molecule has 132 valence electrons. The number of esters is 1. The van der Waals surface area contributed by atoms with E-state index in [9.17, 15) is 14.7 Å². The van der Waals surface area contributed by atoms with Crippen LogP contribution in [0.2, 0.25) is 0 Å². The van der Waals surface area contributed by atoms with Gasteiger partial charge in [-0.15, -0.1) is 0 Å². The first-order valence-electron chi connectivity index (χ1n) is 7.86. The van der Waals surface area contributed by atoms with Gasteiger partial charge in [0.25, 0.3) is 0 Å². The number of ether oxygens (including phenoxy) is 2. The normalized spacial score (nSPS) is 14.2. The lowest BCUT2D eigenvalue weighted by Gasteiger charge is -2.31.